The van der Waals surface area contributed by atoms with Gasteiger partial charge in [-0.1, -0.05) is 35.5 Å². The molecule has 3 heterocycles. The summed E-state index contributed by atoms with van der Waals surface area (Å²) in [5, 5.41) is 11.8. The number of aromatic nitrogens is 3. The van der Waals surface area contributed by atoms with Gasteiger partial charge in [-0.15, -0.1) is 5.10 Å². The Morgan fingerprint density at radius 1 is 1.09 bits per heavy atom. The second-order valence-electron chi connectivity index (χ2n) is 8.82. The number of rotatable bonds is 8. The molecular formula is C25H29N5O4. The molecule has 1 amide bonds. The highest BCUT2D eigenvalue weighted by atomic mass is 16.6. The maximum Gasteiger partial charge on any atom is 0.251 e. The molecule has 2 saturated heterocycles. The van der Waals surface area contributed by atoms with Crippen molar-refractivity contribution in [1.29, 1.82) is 0 Å². The van der Waals surface area contributed by atoms with E-state index in [1.165, 1.54) is 5.56 Å². The molecule has 1 aromatic heterocycles. The minimum Gasteiger partial charge on any atom is -0.497 e. The molecule has 0 bridgehead atoms. The topological polar surface area (TPSA) is 90.7 Å². The smallest absolute Gasteiger partial charge is 0.251 e. The summed E-state index contributed by atoms with van der Waals surface area (Å²) < 4.78 is 19.1. The molecule has 178 valence electrons. The Kier molecular flexibility index (Phi) is 6.57. The highest BCUT2D eigenvalue weighted by Crippen LogP contribution is 2.34. The third-order valence-corrected chi connectivity index (χ3v) is 6.32. The number of amides is 1. The maximum atomic E-state index is 12.7. The van der Waals surface area contributed by atoms with Gasteiger partial charge in [-0.25, -0.2) is 4.68 Å². The second kappa shape index (κ2) is 9.92. The van der Waals surface area contributed by atoms with Gasteiger partial charge in [-0.2, -0.15) is 0 Å². The Hall–Kier alpha value is -3.27. The van der Waals surface area contributed by atoms with Gasteiger partial charge in [0.05, 0.1) is 38.3 Å². The Bertz CT molecular complexity index is 1100. The summed E-state index contributed by atoms with van der Waals surface area (Å²) in [7, 11) is 3.66. The summed E-state index contributed by atoms with van der Waals surface area (Å²) in [4.78, 5) is 14.9. The lowest BCUT2D eigenvalue weighted by atomic mass is 10.1. The van der Waals surface area contributed by atoms with E-state index in [1.807, 2.05) is 29.1 Å². The zero-order valence-corrected chi connectivity index (χ0v) is 19.3. The molecule has 0 radical (unpaired) electrons. The van der Waals surface area contributed by atoms with Gasteiger partial charge in [-0.3, -0.25) is 9.69 Å². The van der Waals surface area contributed by atoms with Crippen LogP contribution in [-0.2, 0) is 22.6 Å². The van der Waals surface area contributed by atoms with Crippen LogP contribution in [-0.4, -0.2) is 71.4 Å². The van der Waals surface area contributed by atoms with E-state index in [4.69, 9.17) is 14.2 Å². The van der Waals surface area contributed by atoms with Crippen molar-refractivity contribution in [3.05, 3.63) is 77.6 Å². The molecule has 0 aliphatic carbocycles. The lowest BCUT2D eigenvalue weighted by molar-refractivity contribution is 0.0613. The average Bonchev–Trinajstić information content (AvgIpc) is 3.57. The first-order chi connectivity index (χ1) is 16.6. The van der Waals surface area contributed by atoms with Crippen molar-refractivity contribution in [2.24, 2.45) is 0 Å². The molecule has 5 rings (SSSR count). The minimum absolute atomic E-state index is 0.0754. The zero-order chi connectivity index (χ0) is 23.5. The molecule has 4 atom stereocenters. The molecule has 3 aromatic rings. The van der Waals surface area contributed by atoms with Gasteiger partial charge in [-0.05, 0) is 36.9 Å². The largest absolute Gasteiger partial charge is 0.497 e. The minimum atomic E-state index is -0.222. The van der Waals surface area contributed by atoms with E-state index in [-0.39, 0.29) is 30.2 Å². The number of benzene rings is 2. The monoisotopic (exact) mass is 463 g/mol. The summed E-state index contributed by atoms with van der Waals surface area (Å²) in [5.41, 5.74) is 2.72. The van der Waals surface area contributed by atoms with Crippen molar-refractivity contribution in [3.8, 4) is 5.75 Å². The van der Waals surface area contributed by atoms with Gasteiger partial charge >= 0.3 is 0 Å². The Morgan fingerprint density at radius 2 is 1.85 bits per heavy atom. The van der Waals surface area contributed by atoms with E-state index in [0.29, 0.717) is 31.1 Å². The van der Waals surface area contributed by atoms with Gasteiger partial charge in [0.2, 0.25) is 0 Å². The van der Waals surface area contributed by atoms with Crippen molar-refractivity contribution in [3.63, 3.8) is 0 Å². The molecular weight excluding hydrogens is 434 g/mol. The molecule has 2 fully saturated rings. The summed E-state index contributed by atoms with van der Waals surface area (Å²) in [6, 6.07) is 17.1. The molecule has 0 unspecified atom stereocenters. The van der Waals surface area contributed by atoms with E-state index >= 15 is 0 Å². The van der Waals surface area contributed by atoms with Crippen molar-refractivity contribution in [2.45, 2.75) is 37.4 Å². The maximum absolute atomic E-state index is 12.7. The number of carbonyl (C=O) groups is 1. The molecule has 2 aromatic carbocycles. The first kappa shape index (κ1) is 22.5. The van der Waals surface area contributed by atoms with Crippen LogP contribution in [0.4, 0.5) is 0 Å². The summed E-state index contributed by atoms with van der Waals surface area (Å²) in [6.07, 6.45) is 1.56. The third kappa shape index (κ3) is 4.82. The van der Waals surface area contributed by atoms with Gasteiger partial charge in [0.25, 0.3) is 5.91 Å². The van der Waals surface area contributed by atoms with Crippen molar-refractivity contribution < 1.29 is 19.0 Å². The molecule has 2 aliphatic rings. The van der Waals surface area contributed by atoms with Gasteiger partial charge in [0.15, 0.2) is 0 Å². The highest BCUT2D eigenvalue weighted by Gasteiger charge is 2.49. The number of fused-ring (bicyclic) bond motifs is 1. The van der Waals surface area contributed by atoms with Crippen LogP contribution in [0.15, 0.2) is 60.8 Å². The fraction of sp³-hybridized carbons (Fsp3) is 0.400. The molecule has 34 heavy (non-hydrogen) atoms. The quantitative estimate of drug-likeness (QED) is 0.547. The summed E-state index contributed by atoms with van der Waals surface area (Å²) in [5.74, 6) is 0.551. The van der Waals surface area contributed by atoms with Crippen LogP contribution in [0.1, 0.15) is 27.7 Å². The van der Waals surface area contributed by atoms with Crippen LogP contribution in [0.3, 0.4) is 0 Å². The van der Waals surface area contributed by atoms with E-state index < -0.39 is 0 Å². The van der Waals surface area contributed by atoms with E-state index in [0.717, 1.165) is 12.2 Å². The lowest BCUT2D eigenvalue weighted by Gasteiger charge is -2.18. The number of hydrogen-bond acceptors (Lipinski definition) is 7. The van der Waals surface area contributed by atoms with Crippen LogP contribution in [0.25, 0.3) is 0 Å². The highest BCUT2D eigenvalue weighted by molar-refractivity contribution is 5.94. The van der Waals surface area contributed by atoms with Gasteiger partial charge in [0, 0.05) is 18.7 Å². The predicted molar refractivity (Wildman–Crippen MR) is 124 cm³/mol. The molecule has 1 N–H and O–H groups in total. The van der Waals surface area contributed by atoms with Gasteiger partial charge in [0.1, 0.15) is 24.0 Å². The predicted octanol–water partition coefficient (Wildman–Crippen LogP) is 2.06. The number of carbonyl (C=O) groups excluding carboxylic acids is 1. The number of hydrogen-bond donors (Lipinski definition) is 1. The van der Waals surface area contributed by atoms with Crippen LogP contribution in [0, 0.1) is 0 Å². The van der Waals surface area contributed by atoms with E-state index in [2.05, 4.69) is 39.7 Å². The fourth-order valence-corrected chi connectivity index (χ4v) is 4.60. The standard InChI is InChI=1S/C25H29N5O4/c1-29(12-17-6-4-3-5-7-17)13-19-14-30(28-27-19)22-16-34-23-21(15-33-24(22)23)26-25(31)18-8-10-20(32-2)11-9-18/h3-11,14,21-24H,12-13,15-16H2,1-2H3,(H,26,31)/t21-,22+,23-,24+/m0/s1. The van der Waals surface area contributed by atoms with Gasteiger partial charge < -0.3 is 19.5 Å². The number of nitrogens with one attached hydrogen (secondary N) is 1. The number of ether oxygens (including phenoxy) is 3. The fourth-order valence-electron chi connectivity index (χ4n) is 4.60. The van der Waals surface area contributed by atoms with Crippen LogP contribution < -0.4 is 10.1 Å². The second-order valence-corrected chi connectivity index (χ2v) is 8.82. The van der Waals surface area contributed by atoms with E-state index in [1.54, 1.807) is 31.4 Å². The van der Waals surface area contributed by atoms with Crippen molar-refractivity contribution >= 4 is 5.91 Å². The molecule has 0 spiro atoms. The van der Waals surface area contributed by atoms with Crippen molar-refractivity contribution in [2.75, 3.05) is 27.4 Å². The molecule has 9 heteroatoms. The summed E-state index contributed by atoms with van der Waals surface area (Å²) in [6.45, 7) is 2.39. The SMILES string of the molecule is COc1ccc(C(=O)N[C@H]2CO[C@H]3[C@H]2OC[C@H]3n2cc(CN(C)Cc3ccccc3)nn2)cc1. The third-order valence-electron chi connectivity index (χ3n) is 6.32. The zero-order valence-electron chi connectivity index (χ0n) is 19.3. The Morgan fingerprint density at radius 3 is 2.62 bits per heavy atom. The normalized spacial score (nSPS) is 23.7. The average molecular weight is 464 g/mol. The molecule has 9 nitrogen and oxygen atoms in total. The summed E-state index contributed by atoms with van der Waals surface area (Å²) >= 11 is 0. The molecule has 2 aliphatic heterocycles. The van der Waals surface area contributed by atoms with Crippen molar-refractivity contribution in [1.82, 2.24) is 25.2 Å². The van der Waals surface area contributed by atoms with Crippen LogP contribution in [0.5, 0.6) is 5.75 Å². The number of nitrogens with zero attached hydrogens (tertiary/aromatic N) is 4. The first-order valence-electron chi connectivity index (χ1n) is 11.4. The number of methoxy groups -OCH3 is 1. The Balaban J connectivity index is 1.17. The van der Waals surface area contributed by atoms with Crippen LogP contribution in [0.2, 0.25) is 0 Å². The molecule has 0 saturated carbocycles. The van der Waals surface area contributed by atoms with E-state index in [9.17, 15) is 4.79 Å². The lowest BCUT2D eigenvalue weighted by Crippen LogP contribution is -2.44. The van der Waals surface area contributed by atoms with Crippen LogP contribution >= 0.6 is 0 Å². The first-order valence-corrected chi connectivity index (χ1v) is 11.4. The Labute approximate surface area is 198 Å².